The topological polar surface area (TPSA) is 70.0 Å². The molecule has 0 fully saturated rings. The predicted octanol–water partition coefficient (Wildman–Crippen LogP) is -0.988. The fourth-order valence-corrected chi connectivity index (χ4v) is 0.642. The lowest BCUT2D eigenvalue weighted by Gasteiger charge is -2.08. The lowest BCUT2D eigenvalue weighted by atomic mass is 10.5. The number of aliphatic hydroxyl groups is 1. The number of imide groups is 1. The van der Waals surface area contributed by atoms with Gasteiger partial charge in [-0.25, -0.2) is 9.79 Å². The number of rotatable bonds is 1. The van der Waals surface area contributed by atoms with E-state index in [-0.39, 0.29) is 6.54 Å². The van der Waals surface area contributed by atoms with Crippen molar-refractivity contribution in [1.29, 1.82) is 0 Å². The van der Waals surface area contributed by atoms with Crippen LogP contribution in [0.25, 0.3) is 0 Å². The lowest BCUT2D eigenvalue weighted by molar-refractivity contribution is -0.130. The van der Waals surface area contributed by atoms with Crippen LogP contribution in [0, 0.1) is 0 Å². The van der Waals surface area contributed by atoms with Gasteiger partial charge in [-0.3, -0.25) is 9.69 Å². The molecule has 1 N–H and O–H groups in total. The Balaban J connectivity index is 2.59. The maximum absolute atomic E-state index is 10.6. The number of amides is 3. The highest BCUT2D eigenvalue weighted by atomic mass is 16.3. The van der Waals surface area contributed by atoms with E-state index in [0.29, 0.717) is 0 Å². The van der Waals surface area contributed by atoms with Gasteiger partial charge in [0.15, 0.2) is 0 Å². The SMILES string of the molecule is O=C(CO)N1CC=NC1=O. The van der Waals surface area contributed by atoms with Crippen molar-refractivity contribution < 1.29 is 14.7 Å². The van der Waals surface area contributed by atoms with Crippen LogP contribution in [0.3, 0.4) is 0 Å². The molecule has 5 heteroatoms. The summed E-state index contributed by atoms with van der Waals surface area (Å²) in [6.07, 6.45) is 1.33. The van der Waals surface area contributed by atoms with Gasteiger partial charge in [-0.05, 0) is 0 Å². The van der Waals surface area contributed by atoms with Crippen molar-refractivity contribution in [2.24, 2.45) is 4.99 Å². The van der Waals surface area contributed by atoms with Crippen molar-refractivity contribution in [3.8, 4) is 0 Å². The van der Waals surface area contributed by atoms with Gasteiger partial charge in [0.25, 0.3) is 5.91 Å². The largest absolute Gasteiger partial charge is 0.387 e. The van der Waals surface area contributed by atoms with Crippen molar-refractivity contribution in [2.75, 3.05) is 13.2 Å². The first-order valence-corrected chi connectivity index (χ1v) is 2.73. The van der Waals surface area contributed by atoms with E-state index >= 15 is 0 Å². The molecule has 0 radical (unpaired) electrons. The summed E-state index contributed by atoms with van der Waals surface area (Å²) in [5.74, 6) is -0.609. The molecule has 10 heavy (non-hydrogen) atoms. The zero-order valence-corrected chi connectivity index (χ0v) is 5.15. The second kappa shape index (κ2) is 2.57. The minimum Gasteiger partial charge on any atom is -0.387 e. The molecule has 0 saturated heterocycles. The molecule has 0 aliphatic carbocycles. The summed E-state index contributed by atoms with van der Waals surface area (Å²) in [6.45, 7) is -0.465. The molecule has 5 nitrogen and oxygen atoms in total. The maximum Gasteiger partial charge on any atom is 0.350 e. The highest BCUT2D eigenvalue weighted by Crippen LogP contribution is 1.98. The second-order valence-electron chi connectivity index (χ2n) is 1.76. The Morgan fingerprint density at radius 3 is 3.00 bits per heavy atom. The predicted molar refractivity (Wildman–Crippen MR) is 32.7 cm³/mol. The van der Waals surface area contributed by atoms with Gasteiger partial charge in [0.05, 0.1) is 6.54 Å². The Labute approximate surface area is 57.0 Å². The Kier molecular flexibility index (Phi) is 1.77. The summed E-state index contributed by atoms with van der Waals surface area (Å²) in [4.78, 5) is 25.4. The molecule has 1 aliphatic rings. The van der Waals surface area contributed by atoms with Gasteiger partial charge in [0.1, 0.15) is 6.61 Å². The Hall–Kier alpha value is -1.23. The second-order valence-corrected chi connectivity index (χ2v) is 1.76. The van der Waals surface area contributed by atoms with E-state index < -0.39 is 18.5 Å². The third-order valence-corrected chi connectivity index (χ3v) is 1.13. The van der Waals surface area contributed by atoms with E-state index in [2.05, 4.69) is 4.99 Å². The number of hydrogen-bond acceptors (Lipinski definition) is 3. The van der Waals surface area contributed by atoms with Gasteiger partial charge in [-0.15, -0.1) is 0 Å². The normalized spacial score (nSPS) is 16.5. The molecule has 1 rings (SSSR count). The Bertz CT molecular complexity index is 199. The van der Waals surface area contributed by atoms with Crippen molar-refractivity contribution in [3.05, 3.63) is 0 Å². The molecule has 0 aromatic rings. The highest BCUT2D eigenvalue weighted by Gasteiger charge is 2.22. The third-order valence-electron chi connectivity index (χ3n) is 1.13. The monoisotopic (exact) mass is 142 g/mol. The van der Waals surface area contributed by atoms with Crippen LogP contribution in [0.1, 0.15) is 0 Å². The van der Waals surface area contributed by atoms with Crippen LogP contribution >= 0.6 is 0 Å². The minimum absolute atomic E-state index is 0.179. The molecule has 0 bridgehead atoms. The van der Waals surface area contributed by atoms with Gasteiger partial charge >= 0.3 is 6.03 Å². The fourth-order valence-electron chi connectivity index (χ4n) is 0.642. The maximum atomic E-state index is 10.6. The third kappa shape index (κ3) is 1.03. The summed E-state index contributed by atoms with van der Waals surface area (Å²) >= 11 is 0. The van der Waals surface area contributed by atoms with Crippen LogP contribution in [0.5, 0.6) is 0 Å². The smallest absolute Gasteiger partial charge is 0.350 e. The number of aliphatic imine (C=N–C) groups is 1. The molecule has 0 aromatic heterocycles. The molecule has 0 atom stereocenters. The summed E-state index contributed by atoms with van der Waals surface area (Å²) in [5.41, 5.74) is 0. The number of hydrogen-bond donors (Lipinski definition) is 1. The standard InChI is InChI=1S/C5H6N2O3/c8-3-4(9)7-2-1-6-5(7)10/h1,8H,2-3H2. The van der Waals surface area contributed by atoms with E-state index in [1.165, 1.54) is 6.21 Å². The van der Waals surface area contributed by atoms with Gasteiger partial charge in [-0.2, -0.15) is 0 Å². The number of aliphatic hydroxyl groups excluding tert-OH is 1. The molecular formula is C5H6N2O3. The summed E-state index contributed by atoms with van der Waals surface area (Å²) < 4.78 is 0. The first-order valence-electron chi connectivity index (χ1n) is 2.73. The fraction of sp³-hybridized carbons (Fsp3) is 0.400. The van der Waals surface area contributed by atoms with Crippen molar-refractivity contribution >= 4 is 18.2 Å². The number of carbonyl (C=O) groups is 2. The first kappa shape index (κ1) is 6.88. The molecular weight excluding hydrogens is 136 g/mol. The zero-order chi connectivity index (χ0) is 7.56. The van der Waals surface area contributed by atoms with Gasteiger partial charge in [-0.1, -0.05) is 0 Å². The molecule has 0 saturated carbocycles. The van der Waals surface area contributed by atoms with E-state index in [0.717, 1.165) is 4.90 Å². The quantitative estimate of drug-likeness (QED) is 0.511. The van der Waals surface area contributed by atoms with Crippen LogP contribution in [-0.4, -0.2) is 41.3 Å². The van der Waals surface area contributed by atoms with Crippen molar-refractivity contribution in [2.45, 2.75) is 0 Å². The van der Waals surface area contributed by atoms with E-state index in [4.69, 9.17) is 5.11 Å². The zero-order valence-electron chi connectivity index (χ0n) is 5.15. The van der Waals surface area contributed by atoms with Crippen molar-refractivity contribution in [1.82, 2.24) is 4.90 Å². The van der Waals surface area contributed by atoms with Crippen LogP contribution < -0.4 is 0 Å². The van der Waals surface area contributed by atoms with Gasteiger partial charge in [0.2, 0.25) is 0 Å². The average molecular weight is 142 g/mol. The first-order chi connectivity index (χ1) is 4.75. The molecule has 1 aliphatic heterocycles. The van der Waals surface area contributed by atoms with Crippen LogP contribution in [0.4, 0.5) is 4.79 Å². The van der Waals surface area contributed by atoms with Crippen LogP contribution in [0.15, 0.2) is 4.99 Å². The van der Waals surface area contributed by atoms with E-state index in [1.54, 1.807) is 0 Å². The molecule has 0 aromatic carbocycles. The lowest BCUT2D eigenvalue weighted by Crippen LogP contribution is -2.34. The number of nitrogens with zero attached hydrogens (tertiary/aromatic N) is 2. The number of urea groups is 1. The Morgan fingerprint density at radius 1 is 1.90 bits per heavy atom. The van der Waals surface area contributed by atoms with Gasteiger partial charge < -0.3 is 5.11 Å². The van der Waals surface area contributed by atoms with Crippen LogP contribution in [-0.2, 0) is 4.79 Å². The molecule has 54 valence electrons. The highest BCUT2D eigenvalue weighted by molar-refractivity contribution is 6.03. The summed E-state index contributed by atoms with van der Waals surface area (Å²) in [7, 11) is 0. The van der Waals surface area contributed by atoms with E-state index in [1.807, 2.05) is 0 Å². The van der Waals surface area contributed by atoms with Gasteiger partial charge in [0, 0.05) is 6.21 Å². The molecule has 0 unspecified atom stereocenters. The van der Waals surface area contributed by atoms with Crippen molar-refractivity contribution in [3.63, 3.8) is 0 Å². The molecule has 0 spiro atoms. The van der Waals surface area contributed by atoms with E-state index in [9.17, 15) is 9.59 Å². The average Bonchev–Trinajstić information content (AvgIpc) is 2.34. The number of carbonyl (C=O) groups excluding carboxylic acids is 2. The Morgan fingerprint density at radius 2 is 2.60 bits per heavy atom. The minimum atomic E-state index is -0.644. The molecule has 3 amide bonds. The molecule has 1 heterocycles. The summed E-state index contributed by atoms with van der Waals surface area (Å²) in [6, 6.07) is -0.598. The summed E-state index contributed by atoms with van der Waals surface area (Å²) in [5, 5.41) is 8.31. The van der Waals surface area contributed by atoms with Crippen LogP contribution in [0.2, 0.25) is 0 Å².